The molecule has 0 saturated carbocycles. The molecule has 0 unspecified atom stereocenters. The van der Waals surface area contributed by atoms with Crippen molar-refractivity contribution in [1.82, 2.24) is 9.55 Å². The maximum Gasteiger partial charge on any atom is 0.0957 e. The molecule has 0 radical (unpaired) electrons. The van der Waals surface area contributed by atoms with E-state index in [4.69, 9.17) is 0 Å². The Labute approximate surface area is 152 Å². The van der Waals surface area contributed by atoms with Gasteiger partial charge in [0.15, 0.2) is 0 Å². The van der Waals surface area contributed by atoms with Crippen molar-refractivity contribution in [3.05, 3.63) is 114 Å². The van der Waals surface area contributed by atoms with Gasteiger partial charge in [0, 0.05) is 12.4 Å². The highest BCUT2D eigenvalue weighted by Crippen LogP contribution is 2.34. The topological polar surface area (TPSA) is 17.8 Å². The van der Waals surface area contributed by atoms with Crippen LogP contribution >= 0.6 is 0 Å². The number of nitrogens with zero attached hydrogens (tertiary/aromatic N) is 2. The summed E-state index contributed by atoms with van der Waals surface area (Å²) in [5.74, 6) is 0. The van der Waals surface area contributed by atoms with Gasteiger partial charge in [-0.05, 0) is 17.5 Å². The van der Waals surface area contributed by atoms with Crippen molar-refractivity contribution in [3.63, 3.8) is 0 Å². The molecule has 2 nitrogen and oxygen atoms in total. The highest BCUT2D eigenvalue weighted by atomic mass is 28.2. The normalized spacial score (nSPS) is 12.2. The molecule has 0 fully saturated rings. The van der Waals surface area contributed by atoms with Crippen molar-refractivity contribution in [3.8, 4) is 0 Å². The van der Waals surface area contributed by atoms with Gasteiger partial charge in [-0.1, -0.05) is 84.9 Å². The molecule has 0 amide bonds. The summed E-state index contributed by atoms with van der Waals surface area (Å²) in [5, 5.41) is 1.01. The third-order valence-electron chi connectivity index (χ3n) is 4.52. The molecule has 25 heavy (non-hydrogen) atoms. The fourth-order valence-corrected chi connectivity index (χ4v) is 5.54. The molecule has 0 bridgehead atoms. The summed E-state index contributed by atoms with van der Waals surface area (Å²) in [6.07, 6.45) is 11.3. The predicted molar refractivity (Wildman–Crippen MR) is 108 cm³/mol. The van der Waals surface area contributed by atoms with E-state index in [0.717, 1.165) is 6.42 Å². The molecular weight excluding hydrogens is 320 g/mol. The average molecular weight is 345 g/mol. The molecule has 1 aromatic heterocycles. The summed E-state index contributed by atoms with van der Waals surface area (Å²) in [6, 6.07) is 21.5. The van der Waals surface area contributed by atoms with Crippen LogP contribution in [0.3, 0.4) is 0 Å². The van der Waals surface area contributed by atoms with Crippen molar-refractivity contribution in [2.45, 2.75) is 18.5 Å². The van der Waals surface area contributed by atoms with Crippen molar-refractivity contribution in [2.24, 2.45) is 0 Å². The maximum absolute atomic E-state index is 4.38. The predicted octanol–water partition coefficient (Wildman–Crippen LogP) is 4.28. The number of hydrogen-bond donors (Lipinski definition) is 0. The molecule has 0 aliphatic carbocycles. The summed E-state index contributed by atoms with van der Waals surface area (Å²) in [5.41, 5.74) is 2.58. The van der Waals surface area contributed by atoms with Gasteiger partial charge in [-0.25, -0.2) is 4.98 Å². The number of aromatic nitrogens is 2. The fraction of sp³-hybridized carbons (Fsp3) is 0.136. The Kier molecular flexibility index (Phi) is 5.46. The highest BCUT2D eigenvalue weighted by molar-refractivity contribution is 6.51. The van der Waals surface area contributed by atoms with Crippen molar-refractivity contribution in [1.29, 1.82) is 0 Å². The van der Waals surface area contributed by atoms with Gasteiger partial charge in [0.2, 0.25) is 0 Å². The summed E-state index contributed by atoms with van der Waals surface area (Å²) >= 11 is 0. The van der Waals surface area contributed by atoms with Crippen LogP contribution in [0.2, 0.25) is 0 Å². The van der Waals surface area contributed by atoms with E-state index in [1.165, 1.54) is 16.3 Å². The molecule has 0 aliphatic rings. The molecule has 126 valence electrons. The van der Waals surface area contributed by atoms with E-state index in [1.807, 2.05) is 12.5 Å². The molecule has 3 heteroatoms. The first-order valence-electron chi connectivity index (χ1n) is 8.71. The SMILES string of the molecule is C=C(C=CCC)[SiH2]C(c1ccccc1)(c1ccccc1)n1ccnc1. The number of rotatable bonds is 7. The van der Waals surface area contributed by atoms with Crippen LogP contribution in [0.4, 0.5) is 0 Å². The largest absolute Gasteiger partial charge is 0.326 e. The minimum absolute atomic E-state index is 0.228. The zero-order valence-electron chi connectivity index (χ0n) is 14.7. The lowest BCUT2D eigenvalue weighted by Gasteiger charge is -2.37. The van der Waals surface area contributed by atoms with Crippen LogP contribution in [0, 0.1) is 0 Å². The van der Waals surface area contributed by atoms with Crippen LogP contribution in [0.1, 0.15) is 24.5 Å². The van der Waals surface area contributed by atoms with Crippen LogP contribution in [0.15, 0.2) is 103 Å². The minimum atomic E-state index is -0.801. The Morgan fingerprint density at radius 3 is 2.16 bits per heavy atom. The third kappa shape index (κ3) is 3.56. The summed E-state index contributed by atoms with van der Waals surface area (Å²) in [7, 11) is -0.801. The van der Waals surface area contributed by atoms with E-state index >= 15 is 0 Å². The Morgan fingerprint density at radius 1 is 1.08 bits per heavy atom. The second-order valence-electron chi connectivity index (χ2n) is 6.21. The van der Waals surface area contributed by atoms with Gasteiger partial charge in [0.25, 0.3) is 0 Å². The molecule has 0 spiro atoms. The standard InChI is InChI=1S/C22H24N2Si/c1-3-4-11-19(2)25-22(24-17-16-23-18-24,20-12-7-5-8-13-20)21-14-9-6-10-15-21/h4-18H,2-3,25H2,1H3. The van der Waals surface area contributed by atoms with Crippen molar-refractivity contribution < 1.29 is 0 Å². The van der Waals surface area contributed by atoms with Crippen LogP contribution in [0.25, 0.3) is 0 Å². The van der Waals surface area contributed by atoms with Gasteiger partial charge in [0.1, 0.15) is 0 Å². The van der Waals surface area contributed by atoms with E-state index in [2.05, 4.69) is 102 Å². The maximum atomic E-state index is 4.38. The van der Waals surface area contributed by atoms with Crippen molar-refractivity contribution in [2.75, 3.05) is 0 Å². The molecule has 0 aliphatic heterocycles. The van der Waals surface area contributed by atoms with Crippen molar-refractivity contribution >= 4 is 9.52 Å². The first-order valence-corrected chi connectivity index (χ1v) is 10.1. The van der Waals surface area contributed by atoms with Crippen LogP contribution in [-0.4, -0.2) is 19.1 Å². The van der Waals surface area contributed by atoms with Crippen LogP contribution in [-0.2, 0) is 5.16 Å². The number of imidazole rings is 1. The quantitative estimate of drug-likeness (QED) is 0.462. The molecule has 0 N–H and O–H groups in total. The molecule has 1 heterocycles. The highest BCUT2D eigenvalue weighted by Gasteiger charge is 2.36. The van der Waals surface area contributed by atoms with E-state index in [1.54, 1.807) is 0 Å². The Morgan fingerprint density at radius 2 is 1.68 bits per heavy atom. The summed E-state index contributed by atoms with van der Waals surface area (Å²) in [6.45, 7) is 6.53. The van der Waals surface area contributed by atoms with Crippen LogP contribution < -0.4 is 0 Å². The first kappa shape index (κ1) is 17.2. The Balaban J connectivity index is 2.21. The van der Waals surface area contributed by atoms with Gasteiger partial charge in [0.05, 0.1) is 21.0 Å². The first-order chi connectivity index (χ1) is 12.3. The lowest BCUT2D eigenvalue weighted by atomic mass is 9.97. The van der Waals surface area contributed by atoms with Gasteiger partial charge in [-0.2, -0.15) is 0 Å². The van der Waals surface area contributed by atoms with E-state index < -0.39 is 9.52 Å². The number of benzene rings is 2. The molecule has 3 aromatic rings. The molecule has 0 saturated heterocycles. The Bertz CT molecular complexity index is 781. The lowest BCUT2D eigenvalue weighted by Crippen LogP contribution is -2.42. The lowest BCUT2D eigenvalue weighted by molar-refractivity contribution is 0.595. The van der Waals surface area contributed by atoms with Gasteiger partial charge >= 0.3 is 0 Å². The van der Waals surface area contributed by atoms with E-state index in [-0.39, 0.29) is 5.16 Å². The van der Waals surface area contributed by atoms with E-state index in [0.29, 0.717) is 0 Å². The average Bonchev–Trinajstić information content (AvgIpc) is 3.21. The monoisotopic (exact) mass is 344 g/mol. The minimum Gasteiger partial charge on any atom is -0.326 e. The smallest absolute Gasteiger partial charge is 0.0957 e. The fourth-order valence-electron chi connectivity index (χ4n) is 3.34. The van der Waals surface area contributed by atoms with Gasteiger partial charge < -0.3 is 4.57 Å². The summed E-state index contributed by atoms with van der Waals surface area (Å²) in [4.78, 5) is 4.35. The Hall–Kier alpha value is -2.65. The second kappa shape index (κ2) is 7.95. The zero-order chi connectivity index (χ0) is 17.5. The molecule has 0 atom stereocenters. The number of allylic oxidation sites excluding steroid dienone is 3. The number of hydrogen-bond acceptors (Lipinski definition) is 1. The van der Waals surface area contributed by atoms with Gasteiger partial charge in [-0.3, -0.25) is 0 Å². The second-order valence-corrected chi connectivity index (χ2v) is 8.49. The third-order valence-corrected chi connectivity index (χ3v) is 6.90. The van der Waals surface area contributed by atoms with E-state index in [9.17, 15) is 0 Å². The molecule has 3 rings (SSSR count). The summed E-state index contributed by atoms with van der Waals surface area (Å²) < 4.78 is 2.26. The van der Waals surface area contributed by atoms with Gasteiger partial charge in [-0.15, -0.1) is 6.58 Å². The van der Waals surface area contributed by atoms with Crippen LogP contribution in [0.5, 0.6) is 0 Å². The zero-order valence-corrected chi connectivity index (χ0v) is 16.1. The molecule has 2 aromatic carbocycles. The molecular formula is C22H24N2Si.